The molecule has 6 nitrogen and oxygen atoms in total. The van der Waals surface area contributed by atoms with Gasteiger partial charge in [0.05, 0.1) is 11.4 Å². The fourth-order valence-electron chi connectivity index (χ4n) is 3.62. The number of benzene rings is 2. The highest BCUT2D eigenvalue weighted by Crippen LogP contribution is 2.17. The van der Waals surface area contributed by atoms with Gasteiger partial charge in [0.25, 0.3) is 0 Å². The molecule has 7 heteroatoms. The first-order chi connectivity index (χ1) is 14.5. The van der Waals surface area contributed by atoms with Gasteiger partial charge in [0.15, 0.2) is 15.8 Å². The maximum atomic E-state index is 11.6. The second-order valence-corrected chi connectivity index (χ2v) is 9.66. The van der Waals surface area contributed by atoms with E-state index >= 15 is 0 Å². The lowest BCUT2D eigenvalue weighted by molar-refractivity contribution is 0.261. The number of hydrogen-bond acceptors (Lipinski definition) is 4. The third-order valence-electron chi connectivity index (χ3n) is 5.30. The van der Waals surface area contributed by atoms with Gasteiger partial charge in [0, 0.05) is 39.0 Å². The Bertz CT molecular complexity index is 955. The van der Waals surface area contributed by atoms with Crippen LogP contribution in [-0.4, -0.2) is 58.3 Å². The van der Waals surface area contributed by atoms with Crippen molar-refractivity contribution < 1.29 is 8.42 Å². The predicted molar refractivity (Wildman–Crippen MR) is 123 cm³/mol. The highest BCUT2D eigenvalue weighted by atomic mass is 32.2. The molecule has 2 aromatic carbocycles. The molecule has 30 heavy (non-hydrogen) atoms. The first-order valence-corrected chi connectivity index (χ1v) is 12.4. The Labute approximate surface area is 180 Å². The molecule has 0 aromatic heterocycles. The van der Waals surface area contributed by atoms with Crippen molar-refractivity contribution in [1.29, 1.82) is 0 Å². The van der Waals surface area contributed by atoms with E-state index in [9.17, 15) is 8.42 Å². The van der Waals surface area contributed by atoms with Gasteiger partial charge in [0.1, 0.15) is 0 Å². The van der Waals surface area contributed by atoms with Gasteiger partial charge in [0.2, 0.25) is 0 Å². The van der Waals surface area contributed by atoms with Gasteiger partial charge < -0.3 is 10.6 Å². The van der Waals surface area contributed by atoms with Crippen molar-refractivity contribution in [2.75, 3.05) is 39.0 Å². The monoisotopic (exact) mass is 428 g/mol. The highest BCUT2D eigenvalue weighted by molar-refractivity contribution is 7.90. The Morgan fingerprint density at radius 2 is 1.80 bits per heavy atom. The molecular weight excluding hydrogens is 396 g/mol. The van der Waals surface area contributed by atoms with Crippen LogP contribution in [0.3, 0.4) is 0 Å². The summed E-state index contributed by atoms with van der Waals surface area (Å²) in [5.74, 6) is 0.822. The average Bonchev–Trinajstić information content (AvgIpc) is 2.73. The van der Waals surface area contributed by atoms with Crippen LogP contribution >= 0.6 is 0 Å². The van der Waals surface area contributed by atoms with Crippen molar-refractivity contribution in [1.82, 2.24) is 15.5 Å². The summed E-state index contributed by atoms with van der Waals surface area (Å²) < 4.78 is 23.1. The van der Waals surface area contributed by atoms with Gasteiger partial charge in [-0.15, -0.1) is 0 Å². The average molecular weight is 429 g/mol. The molecule has 2 N–H and O–H groups in total. The van der Waals surface area contributed by atoms with E-state index in [1.54, 1.807) is 12.1 Å². The lowest BCUT2D eigenvalue weighted by Crippen LogP contribution is -2.39. The van der Waals surface area contributed by atoms with Gasteiger partial charge in [-0.05, 0) is 48.6 Å². The van der Waals surface area contributed by atoms with E-state index in [2.05, 4.69) is 46.7 Å². The third kappa shape index (κ3) is 6.57. The summed E-state index contributed by atoms with van der Waals surface area (Å²) in [4.78, 5) is 7.53. The molecule has 3 rings (SSSR count). The number of nitrogens with one attached hydrogen (secondary N) is 2. The number of hydrogen-bond donors (Lipinski definition) is 2. The first kappa shape index (κ1) is 22.3. The van der Waals surface area contributed by atoms with E-state index in [0.29, 0.717) is 4.90 Å². The topological polar surface area (TPSA) is 73.8 Å². The van der Waals surface area contributed by atoms with E-state index in [4.69, 9.17) is 4.99 Å². The van der Waals surface area contributed by atoms with Crippen molar-refractivity contribution in [3.63, 3.8) is 0 Å². The molecule has 0 fully saturated rings. The molecule has 0 radical (unpaired) electrons. The van der Waals surface area contributed by atoms with Crippen molar-refractivity contribution in [2.45, 2.75) is 31.2 Å². The molecule has 2 aromatic rings. The van der Waals surface area contributed by atoms with Gasteiger partial charge in [-0.25, -0.2) is 8.42 Å². The van der Waals surface area contributed by atoms with E-state index in [0.717, 1.165) is 63.6 Å². The molecule has 1 aliphatic heterocycles. The summed E-state index contributed by atoms with van der Waals surface area (Å²) in [6, 6.07) is 15.8. The van der Waals surface area contributed by atoms with Crippen molar-refractivity contribution >= 4 is 15.8 Å². The Kier molecular flexibility index (Phi) is 7.87. The molecule has 0 atom stereocenters. The van der Waals surface area contributed by atoms with E-state index in [1.165, 1.54) is 17.4 Å². The van der Waals surface area contributed by atoms with Crippen LogP contribution in [0.2, 0.25) is 0 Å². The van der Waals surface area contributed by atoms with E-state index in [1.807, 2.05) is 12.1 Å². The number of sulfone groups is 1. The molecule has 0 aliphatic carbocycles. The van der Waals surface area contributed by atoms with Crippen LogP contribution in [0.5, 0.6) is 0 Å². The number of rotatable bonds is 8. The molecule has 0 saturated heterocycles. The normalized spacial score (nSPS) is 14.9. The van der Waals surface area contributed by atoms with Crippen LogP contribution in [0.25, 0.3) is 0 Å². The van der Waals surface area contributed by atoms with Gasteiger partial charge in [-0.3, -0.25) is 9.89 Å². The standard InChI is InChI=1S/C23H32N4O2S/c1-3-24-23(25-14-12-19-8-10-22(11-9-19)30(2,28)29)26-15-17-27-16-13-20-6-4-5-7-21(20)18-27/h4-11H,3,12-18H2,1-2H3,(H2,24,25,26). The predicted octanol–water partition coefficient (Wildman–Crippen LogP) is 2.25. The van der Waals surface area contributed by atoms with E-state index in [-0.39, 0.29) is 0 Å². The molecule has 0 amide bonds. The van der Waals surface area contributed by atoms with Crippen LogP contribution in [0, 0.1) is 0 Å². The van der Waals surface area contributed by atoms with Crippen molar-refractivity contribution in [3.05, 3.63) is 65.2 Å². The second kappa shape index (κ2) is 10.6. The third-order valence-corrected chi connectivity index (χ3v) is 6.43. The van der Waals surface area contributed by atoms with Crippen molar-refractivity contribution in [3.8, 4) is 0 Å². The molecule has 1 aliphatic rings. The molecule has 162 valence electrons. The Balaban J connectivity index is 1.45. The SMILES string of the molecule is CCNC(=NCCN1CCc2ccccc2C1)NCCc1ccc(S(C)(=O)=O)cc1. The minimum Gasteiger partial charge on any atom is -0.357 e. The van der Waals surface area contributed by atoms with Gasteiger partial charge in [-0.1, -0.05) is 36.4 Å². The quantitative estimate of drug-likeness (QED) is 0.498. The fraction of sp³-hybridized carbons (Fsp3) is 0.435. The zero-order valence-electron chi connectivity index (χ0n) is 17.9. The van der Waals surface area contributed by atoms with Gasteiger partial charge >= 0.3 is 0 Å². The summed E-state index contributed by atoms with van der Waals surface area (Å²) in [5, 5.41) is 6.66. The molecule has 0 unspecified atom stereocenters. The molecule has 1 heterocycles. The Morgan fingerprint density at radius 1 is 1.07 bits per heavy atom. The number of nitrogens with zero attached hydrogens (tertiary/aromatic N) is 2. The van der Waals surface area contributed by atoms with Crippen molar-refractivity contribution in [2.24, 2.45) is 4.99 Å². The lowest BCUT2D eigenvalue weighted by Gasteiger charge is -2.28. The largest absolute Gasteiger partial charge is 0.357 e. The summed E-state index contributed by atoms with van der Waals surface area (Å²) in [6.45, 7) is 7.38. The summed E-state index contributed by atoms with van der Waals surface area (Å²) in [5.41, 5.74) is 3.99. The van der Waals surface area contributed by atoms with E-state index < -0.39 is 9.84 Å². The van der Waals surface area contributed by atoms with Crippen LogP contribution in [-0.2, 0) is 29.2 Å². The first-order valence-electron chi connectivity index (χ1n) is 10.6. The van der Waals surface area contributed by atoms with Crippen LogP contribution < -0.4 is 10.6 Å². The fourth-order valence-corrected chi connectivity index (χ4v) is 4.25. The maximum Gasteiger partial charge on any atom is 0.191 e. The molecule has 0 saturated carbocycles. The van der Waals surface area contributed by atoms with Crippen LogP contribution in [0.15, 0.2) is 58.4 Å². The molecular formula is C23H32N4O2S. The summed E-state index contributed by atoms with van der Waals surface area (Å²) in [7, 11) is -3.15. The zero-order chi connectivity index (χ0) is 21.4. The van der Waals surface area contributed by atoms with Gasteiger partial charge in [-0.2, -0.15) is 0 Å². The number of guanidine groups is 1. The molecule has 0 spiro atoms. The Morgan fingerprint density at radius 3 is 2.50 bits per heavy atom. The second-order valence-electron chi connectivity index (χ2n) is 7.65. The smallest absolute Gasteiger partial charge is 0.191 e. The molecule has 0 bridgehead atoms. The lowest BCUT2D eigenvalue weighted by atomic mass is 10.0. The summed E-state index contributed by atoms with van der Waals surface area (Å²) in [6.07, 6.45) is 3.14. The highest BCUT2D eigenvalue weighted by Gasteiger charge is 2.14. The Hall–Kier alpha value is -2.38. The minimum atomic E-state index is -3.15. The van der Waals surface area contributed by atoms with Crippen LogP contribution in [0.1, 0.15) is 23.6 Å². The van der Waals surface area contributed by atoms with Crippen LogP contribution in [0.4, 0.5) is 0 Å². The summed E-state index contributed by atoms with van der Waals surface area (Å²) >= 11 is 0. The zero-order valence-corrected chi connectivity index (χ0v) is 18.7. The minimum absolute atomic E-state index is 0.356. The number of aliphatic imine (C=N–C) groups is 1. The number of fused-ring (bicyclic) bond motifs is 1. The maximum absolute atomic E-state index is 11.6.